The molecule has 19 heavy (non-hydrogen) atoms. The first-order valence-electron chi connectivity index (χ1n) is 6.85. The van der Waals surface area contributed by atoms with Gasteiger partial charge in [0.15, 0.2) is 0 Å². The molecule has 0 amide bonds. The van der Waals surface area contributed by atoms with Gasteiger partial charge in [0.1, 0.15) is 0 Å². The maximum atomic E-state index is 11.9. The van der Waals surface area contributed by atoms with Gasteiger partial charge in [-0.15, -0.1) is 0 Å². The Morgan fingerprint density at radius 2 is 1.74 bits per heavy atom. The van der Waals surface area contributed by atoms with Gasteiger partial charge in [-0.2, -0.15) is 0 Å². The summed E-state index contributed by atoms with van der Waals surface area (Å²) in [5, 5.41) is 0. The quantitative estimate of drug-likeness (QED) is 0.446. The van der Waals surface area contributed by atoms with Gasteiger partial charge in [-0.1, -0.05) is 13.0 Å². The Bertz CT molecular complexity index is 358. The molecule has 0 spiro atoms. The maximum absolute atomic E-state index is 11.9. The maximum Gasteiger partial charge on any atom is 0.465 e. The molecular weight excluding hydrogens is 243 g/mol. The van der Waals surface area contributed by atoms with Crippen molar-refractivity contribution in [2.24, 2.45) is 0 Å². The zero-order chi connectivity index (χ0) is 14.8. The van der Waals surface area contributed by atoms with E-state index >= 15 is 0 Å². The van der Waals surface area contributed by atoms with Crippen molar-refractivity contribution < 1.29 is 18.8 Å². The van der Waals surface area contributed by atoms with E-state index in [2.05, 4.69) is 0 Å². The van der Waals surface area contributed by atoms with Crippen LogP contribution in [0.4, 0.5) is 0 Å². The summed E-state index contributed by atoms with van der Waals surface area (Å²) in [6, 6.07) is 0. The predicted molar refractivity (Wildman–Crippen MR) is 75.9 cm³/mol. The van der Waals surface area contributed by atoms with Gasteiger partial charge in [0, 0.05) is 11.4 Å². The van der Waals surface area contributed by atoms with Crippen molar-refractivity contribution in [3.8, 4) is 0 Å². The van der Waals surface area contributed by atoms with Gasteiger partial charge in [0.2, 0.25) is 0 Å². The summed E-state index contributed by atoms with van der Waals surface area (Å²) < 4.78 is 17.0. The molecule has 1 atom stereocenters. The van der Waals surface area contributed by atoms with Gasteiger partial charge in [-0.25, -0.2) is 4.79 Å². The summed E-state index contributed by atoms with van der Waals surface area (Å²) in [5.74, 6) is -0.461. The molecule has 1 unspecified atom stereocenters. The van der Waals surface area contributed by atoms with Crippen LogP contribution in [0.2, 0.25) is 5.82 Å². The van der Waals surface area contributed by atoms with Crippen molar-refractivity contribution in [3.05, 3.63) is 11.6 Å². The summed E-state index contributed by atoms with van der Waals surface area (Å²) in [5.41, 5.74) is -0.181. The molecule has 1 fully saturated rings. The van der Waals surface area contributed by atoms with E-state index in [0.29, 0.717) is 12.2 Å². The fraction of sp³-hybridized carbons (Fsp3) is 0.786. The third-order valence-electron chi connectivity index (χ3n) is 3.99. The molecule has 1 aliphatic heterocycles. The van der Waals surface area contributed by atoms with Gasteiger partial charge in [-0.3, -0.25) is 0 Å². The molecule has 5 heteroatoms. The number of carbonyl (C=O) groups is 1. The lowest BCUT2D eigenvalue weighted by atomic mass is 9.68. The minimum Gasteiger partial charge on any atom is -0.463 e. The van der Waals surface area contributed by atoms with Crippen LogP contribution < -0.4 is 0 Å². The lowest BCUT2D eigenvalue weighted by Gasteiger charge is -2.32. The van der Waals surface area contributed by atoms with Crippen molar-refractivity contribution >= 4 is 13.1 Å². The van der Waals surface area contributed by atoms with Crippen LogP contribution in [0.1, 0.15) is 48.5 Å². The van der Waals surface area contributed by atoms with Crippen molar-refractivity contribution in [1.82, 2.24) is 0 Å². The summed E-state index contributed by atoms with van der Waals surface area (Å²) in [7, 11) is -0.430. The normalized spacial score (nSPS) is 23.3. The van der Waals surface area contributed by atoms with Crippen LogP contribution in [0.15, 0.2) is 11.6 Å². The summed E-state index contributed by atoms with van der Waals surface area (Å²) in [6.07, 6.45) is 1.77. The molecule has 108 valence electrons. The Kier molecular flexibility index (Phi) is 4.85. The van der Waals surface area contributed by atoms with E-state index < -0.39 is 7.12 Å². The molecule has 0 aromatic carbocycles. The van der Waals surface area contributed by atoms with Crippen LogP contribution in [0.3, 0.4) is 0 Å². The summed E-state index contributed by atoms with van der Waals surface area (Å²) in [6.45, 7) is 13.9. The van der Waals surface area contributed by atoms with Crippen molar-refractivity contribution in [1.29, 1.82) is 0 Å². The van der Waals surface area contributed by atoms with E-state index in [1.54, 1.807) is 13.0 Å². The van der Waals surface area contributed by atoms with Gasteiger partial charge >= 0.3 is 13.1 Å². The highest BCUT2D eigenvalue weighted by molar-refractivity contribution is 6.49. The fourth-order valence-corrected chi connectivity index (χ4v) is 2.02. The molecule has 1 heterocycles. The Labute approximate surface area is 116 Å². The van der Waals surface area contributed by atoms with Crippen molar-refractivity contribution in [3.63, 3.8) is 0 Å². The molecule has 0 N–H and O–H groups in total. The minimum atomic E-state index is -0.430. The number of hydrogen-bond acceptors (Lipinski definition) is 4. The number of esters is 1. The van der Waals surface area contributed by atoms with Gasteiger partial charge in [0.25, 0.3) is 0 Å². The average molecular weight is 268 g/mol. The summed E-state index contributed by atoms with van der Waals surface area (Å²) >= 11 is 0. The molecule has 0 aromatic heterocycles. The molecule has 4 nitrogen and oxygen atoms in total. The zero-order valence-electron chi connectivity index (χ0n) is 13.1. The standard InChI is InChI=1S/C14H25BO4/c1-8-11(12(16)17-9-2)10(3)15-18-13(4,5)14(6,7)19-15/h8,10H,9H2,1-7H3/b11-8+. The highest BCUT2D eigenvalue weighted by Gasteiger charge is 2.53. The van der Waals surface area contributed by atoms with Crippen LogP contribution >= 0.6 is 0 Å². The molecule has 1 rings (SSSR count). The third-order valence-corrected chi connectivity index (χ3v) is 3.99. The first-order chi connectivity index (χ1) is 8.66. The fourth-order valence-electron chi connectivity index (χ4n) is 2.02. The topological polar surface area (TPSA) is 44.8 Å². The van der Waals surface area contributed by atoms with Crippen molar-refractivity contribution in [2.45, 2.75) is 65.5 Å². The third kappa shape index (κ3) is 3.21. The van der Waals surface area contributed by atoms with Crippen LogP contribution in [-0.2, 0) is 18.8 Å². The van der Waals surface area contributed by atoms with Crippen LogP contribution in [0, 0.1) is 0 Å². The molecule has 0 aliphatic carbocycles. The molecule has 0 radical (unpaired) electrons. The van der Waals surface area contributed by atoms with E-state index in [0.717, 1.165) is 0 Å². The second-order valence-corrected chi connectivity index (χ2v) is 5.88. The highest BCUT2D eigenvalue weighted by atomic mass is 16.7. The van der Waals surface area contributed by atoms with E-state index in [4.69, 9.17) is 14.0 Å². The number of carbonyl (C=O) groups excluding carboxylic acids is 1. The monoisotopic (exact) mass is 268 g/mol. The van der Waals surface area contributed by atoms with Crippen LogP contribution in [0.5, 0.6) is 0 Å². The molecule has 0 saturated carbocycles. The van der Waals surface area contributed by atoms with Gasteiger partial charge in [0.05, 0.1) is 17.8 Å². The Balaban J connectivity index is 2.85. The zero-order valence-corrected chi connectivity index (χ0v) is 13.1. The minimum absolute atomic E-state index is 0.162. The molecule has 1 aliphatic rings. The Hall–Kier alpha value is -0.805. The average Bonchev–Trinajstić information content (AvgIpc) is 2.49. The smallest absolute Gasteiger partial charge is 0.463 e. The van der Waals surface area contributed by atoms with Gasteiger partial charge < -0.3 is 14.0 Å². The number of ether oxygens (including phenoxy) is 1. The number of hydrogen-bond donors (Lipinski definition) is 0. The summed E-state index contributed by atoms with van der Waals surface area (Å²) in [4.78, 5) is 11.9. The van der Waals surface area contributed by atoms with E-state index in [1.807, 2.05) is 41.5 Å². The molecular formula is C14H25BO4. The molecule has 0 aromatic rings. The van der Waals surface area contributed by atoms with E-state index in [-0.39, 0.29) is 23.0 Å². The Morgan fingerprint density at radius 1 is 1.26 bits per heavy atom. The molecule has 0 bridgehead atoms. The van der Waals surface area contributed by atoms with E-state index in [9.17, 15) is 4.79 Å². The Morgan fingerprint density at radius 3 is 2.11 bits per heavy atom. The number of rotatable bonds is 4. The highest BCUT2D eigenvalue weighted by Crippen LogP contribution is 2.41. The first kappa shape index (κ1) is 16.2. The van der Waals surface area contributed by atoms with Crippen LogP contribution in [0.25, 0.3) is 0 Å². The van der Waals surface area contributed by atoms with Crippen LogP contribution in [-0.4, -0.2) is 30.9 Å². The largest absolute Gasteiger partial charge is 0.465 e. The second kappa shape index (κ2) is 5.67. The number of allylic oxidation sites excluding steroid dienone is 1. The SMILES string of the molecule is C/C=C(/C(=O)OCC)C(C)B1OC(C)(C)C(C)(C)O1. The first-order valence-corrected chi connectivity index (χ1v) is 6.85. The molecule has 1 saturated heterocycles. The lowest BCUT2D eigenvalue weighted by Crippen LogP contribution is -2.41. The second-order valence-electron chi connectivity index (χ2n) is 5.88. The lowest BCUT2D eigenvalue weighted by molar-refractivity contribution is -0.138. The van der Waals surface area contributed by atoms with Gasteiger partial charge in [-0.05, 0) is 41.5 Å². The van der Waals surface area contributed by atoms with Crippen molar-refractivity contribution in [2.75, 3.05) is 6.61 Å². The van der Waals surface area contributed by atoms with E-state index in [1.165, 1.54) is 0 Å². The predicted octanol–water partition coefficient (Wildman–Crippen LogP) is 2.98.